The maximum absolute atomic E-state index is 5.53. The number of fused-ring (bicyclic) bond motifs is 1. The molecule has 2 heterocycles. The van der Waals surface area contributed by atoms with Gasteiger partial charge in [-0.25, -0.2) is 4.98 Å². The van der Waals surface area contributed by atoms with Crippen molar-refractivity contribution in [3.05, 3.63) is 6.33 Å². The summed E-state index contributed by atoms with van der Waals surface area (Å²) in [4.78, 5) is 17.3. The molecule has 0 unspecified atom stereocenters. The maximum atomic E-state index is 5.53. The summed E-state index contributed by atoms with van der Waals surface area (Å²) in [6, 6.07) is 0. The Morgan fingerprint density at radius 2 is 2.27 bits per heavy atom. The Morgan fingerprint density at radius 3 is 2.93 bits per heavy atom. The Labute approximate surface area is 85.8 Å². The van der Waals surface area contributed by atoms with Crippen LogP contribution in [0.15, 0.2) is 6.33 Å². The van der Waals surface area contributed by atoms with Gasteiger partial charge in [0.05, 0.1) is 7.11 Å². The maximum Gasteiger partial charge on any atom is 0.247 e. The van der Waals surface area contributed by atoms with E-state index in [1.807, 2.05) is 6.92 Å². The lowest BCUT2D eigenvalue weighted by Gasteiger charge is -2.04. The first-order valence-electron chi connectivity index (χ1n) is 4.44. The molecule has 0 aliphatic carbocycles. The largest absolute Gasteiger partial charge is 0.479 e. The Morgan fingerprint density at radius 1 is 1.47 bits per heavy atom. The average Bonchev–Trinajstić information content (AvgIpc) is 2.61. The zero-order chi connectivity index (χ0) is 10.8. The third-order valence-corrected chi connectivity index (χ3v) is 1.81. The van der Waals surface area contributed by atoms with Crippen molar-refractivity contribution >= 4 is 17.1 Å². The van der Waals surface area contributed by atoms with Gasteiger partial charge in [-0.15, -0.1) is 0 Å². The molecule has 0 amide bonds. The van der Waals surface area contributed by atoms with Crippen molar-refractivity contribution in [2.24, 2.45) is 0 Å². The Hall–Kier alpha value is -2.05. The number of ether oxygens (including phenoxy) is 1. The van der Waals surface area contributed by atoms with Gasteiger partial charge in [0.15, 0.2) is 5.52 Å². The smallest absolute Gasteiger partial charge is 0.247 e. The first-order chi connectivity index (χ1) is 7.26. The summed E-state index contributed by atoms with van der Waals surface area (Å²) in [5.74, 6) is 0.469. The fourth-order valence-corrected chi connectivity index (χ4v) is 1.25. The number of nitrogen functional groups attached to an aromatic ring is 1. The number of imidazole rings is 1. The van der Waals surface area contributed by atoms with Crippen LogP contribution in [0, 0.1) is 0 Å². The first kappa shape index (κ1) is 9.50. The summed E-state index contributed by atoms with van der Waals surface area (Å²) in [5, 5.41) is 0. The van der Waals surface area contributed by atoms with E-state index in [-0.39, 0.29) is 5.95 Å². The molecule has 0 aromatic carbocycles. The molecule has 0 radical (unpaired) electrons. The van der Waals surface area contributed by atoms with Crippen molar-refractivity contribution in [2.75, 3.05) is 19.5 Å². The normalized spacial score (nSPS) is 10.5. The van der Waals surface area contributed by atoms with Gasteiger partial charge in [-0.05, 0) is 6.92 Å². The van der Waals surface area contributed by atoms with Crippen molar-refractivity contribution in [3.8, 4) is 5.88 Å². The molecule has 7 nitrogen and oxygen atoms in total. The molecule has 0 bridgehead atoms. The summed E-state index contributed by atoms with van der Waals surface area (Å²) < 4.78 is 6.48. The monoisotopic (exact) mass is 209 g/mol. The second kappa shape index (κ2) is 3.60. The fraction of sp³-hybridized carbons (Fsp3) is 0.375. The lowest BCUT2D eigenvalue weighted by atomic mass is 10.5. The molecule has 7 heteroatoms. The molecule has 15 heavy (non-hydrogen) atoms. The molecule has 2 N–H and O–H groups in total. The molecular formula is C8H11N5O2. The van der Waals surface area contributed by atoms with Gasteiger partial charge in [-0.1, -0.05) is 0 Å². The molecular weight excluding hydrogens is 198 g/mol. The Bertz CT molecular complexity index is 481. The third-order valence-electron chi connectivity index (χ3n) is 1.81. The van der Waals surface area contributed by atoms with Gasteiger partial charge in [-0.3, -0.25) is 0 Å². The van der Waals surface area contributed by atoms with Crippen LogP contribution < -0.4 is 15.3 Å². The quantitative estimate of drug-likeness (QED) is 0.757. The van der Waals surface area contributed by atoms with Gasteiger partial charge in [0.25, 0.3) is 0 Å². The highest BCUT2D eigenvalue weighted by atomic mass is 16.7. The van der Waals surface area contributed by atoms with E-state index in [9.17, 15) is 0 Å². The molecule has 0 atom stereocenters. The third kappa shape index (κ3) is 1.51. The lowest BCUT2D eigenvalue weighted by Crippen LogP contribution is -2.10. The topological polar surface area (TPSA) is 88.1 Å². The summed E-state index contributed by atoms with van der Waals surface area (Å²) >= 11 is 0. The van der Waals surface area contributed by atoms with Gasteiger partial charge in [0.2, 0.25) is 17.5 Å². The van der Waals surface area contributed by atoms with Crippen molar-refractivity contribution < 1.29 is 9.57 Å². The molecule has 2 aromatic rings. The van der Waals surface area contributed by atoms with E-state index in [0.29, 0.717) is 23.7 Å². The van der Waals surface area contributed by atoms with Gasteiger partial charge >= 0.3 is 0 Å². The SMILES string of the molecule is CCOn1cnc2c(OC)nc(N)nc21. The number of hydrogen-bond acceptors (Lipinski definition) is 6. The van der Waals surface area contributed by atoms with E-state index < -0.39 is 0 Å². The molecule has 0 saturated carbocycles. The molecule has 80 valence electrons. The van der Waals surface area contributed by atoms with Crippen molar-refractivity contribution in [3.63, 3.8) is 0 Å². The van der Waals surface area contributed by atoms with E-state index in [4.69, 9.17) is 15.3 Å². The van der Waals surface area contributed by atoms with E-state index in [2.05, 4.69) is 15.0 Å². The van der Waals surface area contributed by atoms with Gasteiger partial charge in [0, 0.05) is 0 Å². The van der Waals surface area contributed by atoms with Crippen LogP contribution in [0.4, 0.5) is 5.95 Å². The second-order valence-corrected chi connectivity index (χ2v) is 2.75. The predicted octanol–water partition coefficient (Wildman–Crippen LogP) is -0.134. The fourth-order valence-electron chi connectivity index (χ4n) is 1.25. The molecule has 0 aliphatic rings. The number of rotatable bonds is 3. The molecule has 0 fully saturated rings. The number of nitrogens with two attached hydrogens (primary N) is 1. The van der Waals surface area contributed by atoms with Gasteiger partial charge < -0.3 is 15.3 Å². The van der Waals surface area contributed by atoms with Crippen molar-refractivity contribution in [1.82, 2.24) is 19.7 Å². The van der Waals surface area contributed by atoms with E-state index in [1.165, 1.54) is 18.2 Å². The summed E-state index contributed by atoms with van der Waals surface area (Å²) in [5.41, 5.74) is 6.55. The number of methoxy groups -OCH3 is 1. The van der Waals surface area contributed by atoms with E-state index in [0.717, 1.165) is 0 Å². The van der Waals surface area contributed by atoms with Crippen LogP contribution in [-0.4, -0.2) is 33.4 Å². The van der Waals surface area contributed by atoms with Gasteiger partial charge in [0.1, 0.15) is 12.9 Å². The zero-order valence-electron chi connectivity index (χ0n) is 8.47. The van der Waals surface area contributed by atoms with Crippen LogP contribution in [0.1, 0.15) is 6.92 Å². The average molecular weight is 209 g/mol. The predicted molar refractivity (Wildman–Crippen MR) is 53.4 cm³/mol. The summed E-state index contributed by atoms with van der Waals surface area (Å²) in [6.07, 6.45) is 1.50. The first-order valence-corrected chi connectivity index (χ1v) is 4.44. The number of hydrogen-bond donors (Lipinski definition) is 1. The number of anilines is 1. The highest BCUT2D eigenvalue weighted by Crippen LogP contribution is 2.20. The van der Waals surface area contributed by atoms with Crippen molar-refractivity contribution in [1.29, 1.82) is 0 Å². The van der Waals surface area contributed by atoms with E-state index >= 15 is 0 Å². The minimum atomic E-state index is 0.126. The minimum Gasteiger partial charge on any atom is -0.479 e. The number of nitrogens with zero attached hydrogens (tertiary/aromatic N) is 4. The Kier molecular flexibility index (Phi) is 2.28. The van der Waals surface area contributed by atoms with Crippen LogP contribution in [0.3, 0.4) is 0 Å². The van der Waals surface area contributed by atoms with Crippen LogP contribution in [0.25, 0.3) is 11.2 Å². The molecule has 0 saturated heterocycles. The Balaban J connectivity index is 2.64. The highest BCUT2D eigenvalue weighted by Gasteiger charge is 2.12. The zero-order valence-corrected chi connectivity index (χ0v) is 8.47. The van der Waals surface area contributed by atoms with Crippen LogP contribution in [0.5, 0.6) is 5.88 Å². The summed E-state index contributed by atoms with van der Waals surface area (Å²) in [7, 11) is 1.50. The molecule has 0 aliphatic heterocycles. The minimum absolute atomic E-state index is 0.126. The highest BCUT2D eigenvalue weighted by molar-refractivity contribution is 5.77. The van der Waals surface area contributed by atoms with Gasteiger partial charge in [-0.2, -0.15) is 14.7 Å². The van der Waals surface area contributed by atoms with Crippen LogP contribution in [-0.2, 0) is 0 Å². The lowest BCUT2D eigenvalue weighted by molar-refractivity contribution is 0.129. The molecule has 2 aromatic heterocycles. The van der Waals surface area contributed by atoms with E-state index in [1.54, 1.807) is 0 Å². The van der Waals surface area contributed by atoms with Crippen molar-refractivity contribution in [2.45, 2.75) is 6.92 Å². The molecule has 0 spiro atoms. The van der Waals surface area contributed by atoms with Crippen LogP contribution >= 0.6 is 0 Å². The summed E-state index contributed by atoms with van der Waals surface area (Å²) in [6.45, 7) is 2.38. The molecule has 2 rings (SSSR count). The standard InChI is InChI=1S/C8H11N5O2/c1-3-15-13-4-10-5-6(13)11-8(9)12-7(5)14-2/h4H,3H2,1-2H3,(H2,9,11,12). The second-order valence-electron chi connectivity index (χ2n) is 2.75. The van der Waals surface area contributed by atoms with Crippen LogP contribution in [0.2, 0.25) is 0 Å². The number of aromatic nitrogens is 4.